The summed E-state index contributed by atoms with van der Waals surface area (Å²) in [6, 6.07) is 12.1. The molecular formula is C20H23ClN4O4S. The maximum atomic E-state index is 13.0. The van der Waals surface area contributed by atoms with Crippen LogP contribution in [0.1, 0.15) is 30.6 Å². The van der Waals surface area contributed by atoms with E-state index in [1.807, 2.05) is 13.8 Å². The summed E-state index contributed by atoms with van der Waals surface area (Å²) in [6.45, 7) is 3.76. The molecule has 0 unspecified atom stereocenters. The van der Waals surface area contributed by atoms with Crippen LogP contribution in [-0.4, -0.2) is 27.9 Å². The van der Waals surface area contributed by atoms with Crippen molar-refractivity contribution in [2.24, 2.45) is 11.7 Å². The molecule has 0 aliphatic heterocycles. The average Bonchev–Trinajstić information content (AvgIpc) is 2.71. The molecule has 0 heterocycles. The van der Waals surface area contributed by atoms with E-state index in [9.17, 15) is 18.6 Å². The largest absolute Gasteiger partial charge is 0.412 e. The third-order valence-corrected chi connectivity index (χ3v) is 5.37. The lowest BCUT2D eigenvalue weighted by atomic mass is 10.0. The summed E-state index contributed by atoms with van der Waals surface area (Å²) in [5.41, 5.74) is 8.37. The smallest absolute Gasteiger partial charge is 0.392 e. The number of halogens is 1. The van der Waals surface area contributed by atoms with Crippen LogP contribution in [0.4, 0.5) is 4.79 Å². The average molecular weight is 451 g/mol. The van der Waals surface area contributed by atoms with Gasteiger partial charge in [-0.1, -0.05) is 66.7 Å². The van der Waals surface area contributed by atoms with Crippen molar-refractivity contribution in [3.63, 3.8) is 0 Å². The second-order valence-electron chi connectivity index (χ2n) is 6.84. The summed E-state index contributed by atoms with van der Waals surface area (Å²) in [5.74, 6) is -1.34. The van der Waals surface area contributed by atoms with Crippen molar-refractivity contribution in [3.8, 4) is 0 Å². The summed E-state index contributed by atoms with van der Waals surface area (Å²) >= 11 is 5.94. The van der Waals surface area contributed by atoms with Crippen LogP contribution in [0.15, 0.2) is 59.5 Å². The molecule has 160 valence electrons. The van der Waals surface area contributed by atoms with Gasteiger partial charge in [0, 0.05) is 21.2 Å². The minimum atomic E-state index is -2.14. The molecule has 0 bridgehead atoms. The zero-order valence-electron chi connectivity index (χ0n) is 16.5. The number of rotatable bonds is 5. The third-order valence-electron chi connectivity index (χ3n) is 3.87. The van der Waals surface area contributed by atoms with E-state index < -0.39 is 34.5 Å². The topological polar surface area (TPSA) is 121 Å². The maximum absolute atomic E-state index is 13.0. The maximum Gasteiger partial charge on any atom is 0.412 e. The van der Waals surface area contributed by atoms with E-state index in [-0.39, 0.29) is 16.4 Å². The predicted octanol–water partition coefficient (Wildman–Crippen LogP) is 2.81. The minimum absolute atomic E-state index is 0.0962. The van der Waals surface area contributed by atoms with E-state index >= 15 is 0 Å². The van der Waals surface area contributed by atoms with Gasteiger partial charge in [0.2, 0.25) is 0 Å². The number of carbonyl (C=O) groups is 3. The first-order valence-corrected chi connectivity index (χ1v) is 10.6. The van der Waals surface area contributed by atoms with Crippen LogP contribution < -0.4 is 16.5 Å². The van der Waals surface area contributed by atoms with Gasteiger partial charge in [-0.25, -0.2) is 9.59 Å². The van der Waals surface area contributed by atoms with Gasteiger partial charge in [0.05, 0.1) is 0 Å². The van der Waals surface area contributed by atoms with Crippen LogP contribution in [0, 0.1) is 5.92 Å². The van der Waals surface area contributed by atoms with E-state index in [0.717, 1.165) is 0 Å². The van der Waals surface area contributed by atoms with Crippen LogP contribution in [0.3, 0.4) is 0 Å². The van der Waals surface area contributed by atoms with E-state index in [1.165, 1.54) is 24.3 Å². The first-order chi connectivity index (χ1) is 14.2. The molecular weight excluding hydrogens is 428 g/mol. The summed E-state index contributed by atoms with van der Waals surface area (Å²) in [4.78, 5) is 37.5. The molecule has 0 aliphatic rings. The second kappa shape index (κ2) is 10.9. The fraction of sp³-hybridized carbons (Fsp3) is 0.250. The lowest BCUT2D eigenvalue weighted by Crippen LogP contribution is -2.51. The number of imide groups is 1. The number of hydrazine groups is 1. The van der Waals surface area contributed by atoms with Crippen molar-refractivity contribution in [2.45, 2.75) is 31.2 Å². The Labute approximate surface area is 181 Å². The van der Waals surface area contributed by atoms with Crippen molar-refractivity contribution in [2.75, 3.05) is 0 Å². The van der Waals surface area contributed by atoms with Crippen LogP contribution in [0.5, 0.6) is 0 Å². The second-order valence-corrected chi connectivity index (χ2v) is 8.61. The molecule has 0 aromatic heterocycles. The normalized spacial score (nSPS) is 13.3. The monoisotopic (exact) mass is 450 g/mol. The highest BCUT2D eigenvalue weighted by molar-refractivity contribution is 7.72. The van der Waals surface area contributed by atoms with Crippen molar-refractivity contribution in [3.05, 3.63) is 65.2 Å². The Balaban J connectivity index is 2.32. The molecule has 1 atom stereocenters. The van der Waals surface area contributed by atoms with Crippen molar-refractivity contribution < 1.29 is 22.6 Å². The van der Waals surface area contributed by atoms with Crippen LogP contribution in [0.2, 0.25) is 5.02 Å². The standard InChI is InChI=1S/C20H23ClN4O4S/c1-13(2)11-17(22)19(27)25(30(29)16-10-6-9-15(21)12-16)24-20(28)23-18(26)14-7-4-3-5-8-14/h3-10,12-13,17H,11,22H2,1-2H3,(H2,23,24,26,28)/t17-/m0/s1. The van der Waals surface area contributed by atoms with Crippen LogP contribution in [0.25, 0.3) is 0 Å². The molecule has 4 amide bonds. The van der Waals surface area contributed by atoms with E-state index in [4.69, 9.17) is 17.3 Å². The minimum Gasteiger partial charge on any atom is -0.392 e. The van der Waals surface area contributed by atoms with E-state index in [2.05, 4.69) is 10.7 Å². The van der Waals surface area contributed by atoms with Gasteiger partial charge in [-0.05, 0) is 30.5 Å². The lowest BCUT2D eigenvalue weighted by Gasteiger charge is -2.15. The molecule has 30 heavy (non-hydrogen) atoms. The first kappa shape index (κ1) is 23.5. The van der Waals surface area contributed by atoms with Gasteiger partial charge in [0.15, 0.2) is 0 Å². The molecule has 8 nitrogen and oxygen atoms in total. The molecule has 4 N–H and O–H groups in total. The quantitative estimate of drug-likeness (QED) is 0.367. The summed E-state index contributed by atoms with van der Waals surface area (Å²) in [6.07, 6.45) is 0.314. The van der Waals surface area contributed by atoms with E-state index in [0.29, 0.717) is 15.5 Å². The number of nitrogens with zero attached hydrogens (tertiary/aromatic N) is 1. The Morgan fingerprint density at radius 2 is 1.77 bits per heavy atom. The SMILES string of the molecule is CC(C)C[C@H](N)C(=O)/[N+](NC(=O)NC(=O)c1ccccc1)=[S-](=O)\c1cccc(Cl)c1. The zero-order chi connectivity index (χ0) is 22.3. The Hall–Kier alpha value is -2.75. The molecule has 2 aromatic rings. The van der Waals surface area contributed by atoms with Crippen molar-refractivity contribution in [1.82, 2.24) is 10.7 Å². The number of nitrogens with one attached hydrogen (secondary N) is 2. The first-order valence-electron chi connectivity index (χ1n) is 9.13. The number of amides is 4. The molecule has 10 heteroatoms. The molecule has 0 fully saturated rings. The van der Waals surface area contributed by atoms with Gasteiger partial charge in [-0.15, -0.1) is 9.48 Å². The number of nitrogens with two attached hydrogens (primary N) is 1. The van der Waals surface area contributed by atoms with Gasteiger partial charge in [-0.3, -0.25) is 10.1 Å². The number of urea groups is 1. The fourth-order valence-electron chi connectivity index (χ4n) is 2.50. The van der Waals surface area contributed by atoms with Crippen molar-refractivity contribution in [1.29, 1.82) is 0 Å². The zero-order valence-corrected chi connectivity index (χ0v) is 18.1. The van der Waals surface area contributed by atoms with Gasteiger partial charge in [0.1, 0.15) is 6.04 Å². The number of carbonyl (C=O) groups excluding carboxylic acids is 3. The van der Waals surface area contributed by atoms with Crippen molar-refractivity contribution >= 4 is 40.0 Å². The highest BCUT2D eigenvalue weighted by atomic mass is 35.5. The number of benzene rings is 2. The Morgan fingerprint density at radius 3 is 2.37 bits per heavy atom. The molecule has 0 aliphatic carbocycles. The summed E-state index contributed by atoms with van der Waals surface area (Å²) in [5, 5.41) is 2.40. The Morgan fingerprint density at radius 1 is 1.10 bits per heavy atom. The molecule has 0 radical (unpaired) electrons. The highest BCUT2D eigenvalue weighted by Gasteiger charge is 2.27. The molecule has 2 rings (SSSR count). The molecule has 0 saturated carbocycles. The van der Waals surface area contributed by atoms with Gasteiger partial charge >= 0.3 is 11.9 Å². The van der Waals surface area contributed by atoms with Gasteiger partial charge in [-0.2, -0.15) is 0 Å². The van der Waals surface area contributed by atoms with Crippen LogP contribution >= 0.6 is 11.6 Å². The molecule has 2 aromatic carbocycles. The molecule has 0 spiro atoms. The van der Waals surface area contributed by atoms with Gasteiger partial charge in [0.25, 0.3) is 5.91 Å². The summed E-state index contributed by atoms with van der Waals surface area (Å²) in [7, 11) is -2.14. The third kappa shape index (κ3) is 6.65. The van der Waals surface area contributed by atoms with E-state index in [1.54, 1.807) is 30.3 Å². The Kier molecular flexibility index (Phi) is 8.52. The highest BCUT2D eigenvalue weighted by Crippen LogP contribution is 2.13. The van der Waals surface area contributed by atoms with Crippen LogP contribution in [-0.2, 0) is 19.6 Å². The fourth-order valence-corrected chi connectivity index (χ4v) is 3.86. The van der Waals surface area contributed by atoms with Gasteiger partial charge < -0.3 is 9.94 Å². The Bertz CT molecular complexity index is 1020. The number of hydrogen-bond acceptors (Lipinski definition) is 6. The number of hydrogen-bond donors (Lipinski definition) is 3. The predicted molar refractivity (Wildman–Crippen MR) is 113 cm³/mol. The lowest BCUT2D eigenvalue weighted by molar-refractivity contribution is -0.472. The summed E-state index contributed by atoms with van der Waals surface area (Å²) < 4.78 is 13.6. The molecule has 0 saturated heterocycles.